The number of benzene rings is 1. The first-order chi connectivity index (χ1) is 13.5. The number of amides is 1. The van der Waals surface area contributed by atoms with E-state index < -0.39 is 24.0 Å². The summed E-state index contributed by atoms with van der Waals surface area (Å²) in [4.78, 5) is 36.0. The molecule has 14 heteroatoms. The topological polar surface area (TPSA) is 146 Å². The molecule has 0 bridgehead atoms. The number of aromatic nitrogens is 3. The van der Waals surface area contributed by atoms with Crippen molar-refractivity contribution in [1.29, 1.82) is 0 Å². The quantitative estimate of drug-likeness (QED) is 0.574. The standard InChI is InChI=1S/C13H12ClN5O3.C2HF3O2/c14-9-6-7(2-3-8(9)12(21)22)16-11(20)10-17-13-15-4-1-5-19(13)18-10;3-2(4,5)1(6)7/h2-3,6H,1,4-5H2,(H,16,20)(H,21,22)(H,15,17,18);(H,6,7). The third-order valence-electron chi connectivity index (χ3n) is 3.40. The van der Waals surface area contributed by atoms with Gasteiger partial charge >= 0.3 is 18.1 Å². The maximum absolute atomic E-state index is 12.1. The van der Waals surface area contributed by atoms with E-state index in [2.05, 4.69) is 20.7 Å². The van der Waals surface area contributed by atoms with Crippen LogP contribution in [0.3, 0.4) is 0 Å². The number of aliphatic carboxylic acids is 1. The van der Waals surface area contributed by atoms with Gasteiger partial charge in [0.25, 0.3) is 5.91 Å². The average Bonchev–Trinajstić information content (AvgIpc) is 3.05. The van der Waals surface area contributed by atoms with Gasteiger partial charge in [0.05, 0.1) is 10.6 Å². The van der Waals surface area contributed by atoms with E-state index in [0.29, 0.717) is 18.2 Å². The SMILES string of the molecule is O=C(Nc1ccc(C(=O)O)c(Cl)c1)c1nc2n(n1)CCCN2.O=C(O)C(F)(F)F. The summed E-state index contributed by atoms with van der Waals surface area (Å²) in [7, 11) is 0. The van der Waals surface area contributed by atoms with Gasteiger partial charge < -0.3 is 20.8 Å². The molecule has 4 N–H and O–H groups in total. The highest BCUT2D eigenvalue weighted by atomic mass is 35.5. The second-order valence-electron chi connectivity index (χ2n) is 5.52. The number of carboxylic acids is 2. The van der Waals surface area contributed by atoms with Crippen LogP contribution in [-0.4, -0.2) is 55.5 Å². The van der Waals surface area contributed by atoms with E-state index in [1.807, 2.05) is 0 Å². The molecule has 0 fully saturated rings. The number of aromatic carboxylic acids is 1. The Morgan fingerprint density at radius 1 is 1.24 bits per heavy atom. The molecule has 10 nitrogen and oxygen atoms in total. The molecule has 156 valence electrons. The van der Waals surface area contributed by atoms with Gasteiger partial charge in [-0.15, -0.1) is 5.10 Å². The molecule has 1 aromatic heterocycles. The van der Waals surface area contributed by atoms with E-state index in [0.717, 1.165) is 13.0 Å². The van der Waals surface area contributed by atoms with Gasteiger partial charge in [0.15, 0.2) is 0 Å². The van der Waals surface area contributed by atoms with Gasteiger partial charge in [-0.25, -0.2) is 14.3 Å². The van der Waals surface area contributed by atoms with Crippen LogP contribution in [0.5, 0.6) is 0 Å². The molecule has 0 atom stereocenters. The molecule has 1 amide bonds. The lowest BCUT2D eigenvalue weighted by molar-refractivity contribution is -0.192. The van der Waals surface area contributed by atoms with Crippen LogP contribution in [0.4, 0.5) is 24.8 Å². The van der Waals surface area contributed by atoms with Gasteiger partial charge in [-0.1, -0.05) is 11.6 Å². The second-order valence-corrected chi connectivity index (χ2v) is 5.93. The molecule has 0 spiro atoms. The molecule has 2 heterocycles. The molecular formula is C15H13ClF3N5O5. The second kappa shape index (κ2) is 8.77. The molecule has 1 aliphatic heterocycles. The van der Waals surface area contributed by atoms with Gasteiger partial charge in [-0.05, 0) is 24.6 Å². The molecule has 0 radical (unpaired) electrons. The summed E-state index contributed by atoms with van der Waals surface area (Å²) in [6.07, 6.45) is -4.16. The van der Waals surface area contributed by atoms with E-state index in [-0.39, 0.29) is 16.4 Å². The Labute approximate surface area is 165 Å². The minimum absolute atomic E-state index is 0.0283. The number of halogens is 4. The fourth-order valence-electron chi connectivity index (χ4n) is 2.11. The Bertz CT molecular complexity index is 923. The number of aryl methyl sites for hydroxylation is 1. The minimum atomic E-state index is -5.08. The molecule has 1 aromatic carbocycles. The first kappa shape index (κ1) is 21.9. The molecule has 3 rings (SSSR count). The summed E-state index contributed by atoms with van der Waals surface area (Å²) in [5.74, 6) is -3.76. The zero-order valence-corrected chi connectivity index (χ0v) is 15.1. The smallest absolute Gasteiger partial charge is 0.478 e. The third kappa shape index (κ3) is 5.81. The van der Waals surface area contributed by atoms with E-state index in [1.165, 1.54) is 18.2 Å². The van der Waals surface area contributed by atoms with Crippen LogP contribution < -0.4 is 10.6 Å². The Morgan fingerprint density at radius 3 is 2.41 bits per heavy atom. The highest BCUT2D eigenvalue weighted by Gasteiger charge is 2.38. The number of anilines is 2. The highest BCUT2D eigenvalue weighted by Crippen LogP contribution is 2.21. The zero-order valence-electron chi connectivity index (χ0n) is 14.3. The minimum Gasteiger partial charge on any atom is -0.478 e. The fraction of sp³-hybridized carbons (Fsp3) is 0.267. The number of carbonyl (C=O) groups is 3. The summed E-state index contributed by atoms with van der Waals surface area (Å²) in [6.45, 7) is 1.51. The van der Waals surface area contributed by atoms with Crippen LogP contribution in [0.25, 0.3) is 0 Å². The molecule has 29 heavy (non-hydrogen) atoms. The Hall–Kier alpha value is -3.35. The maximum Gasteiger partial charge on any atom is 0.490 e. The lowest BCUT2D eigenvalue weighted by Crippen LogP contribution is -2.21. The predicted molar refractivity (Wildman–Crippen MR) is 93.2 cm³/mol. The van der Waals surface area contributed by atoms with Gasteiger partial charge in [-0.2, -0.15) is 18.2 Å². The number of rotatable bonds is 3. The molecule has 1 aliphatic rings. The normalized spacial score (nSPS) is 12.7. The number of hydrogen-bond acceptors (Lipinski definition) is 6. The van der Waals surface area contributed by atoms with Crippen molar-refractivity contribution >= 4 is 41.1 Å². The van der Waals surface area contributed by atoms with E-state index >= 15 is 0 Å². The largest absolute Gasteiger partial charge is 0.490 e. The van der Waals surface area contributed by atoms with Crippen molar-refractivity contribution < 1.29 is 37.8 Å². The number of nitrogens with one attached hydrogen (secondary N) is 2. The van der Waals surface area contributed by atoms with Crippen LogP contribution in [-0.2, 0) is 11.3 Å². The fourth-order valence-corrected chi connectivity index (χ4v) is 2.37. The Morgan fingerprint density at radius 2 is 1.90 bits per heavy atom. The number of carboxylic acid groups (broad SMARTS) is 2. The molecule has 0 aliphatic carbocycles. The maximum atomic E-state index is 12.1. The van der Waals surface area contributed by atoms with Gasteiger partial charge in [0.1, 0.15) is 0 Å². The number of fused-ring (bicyclic) bond motifs is 1. The van der Waals surface area contributed by atoms with Crippen molar-refractivity contribution in [1.82, 2.24) is 14.8 Å². The summed E-state index contributed by atoms with van der Waals surface area (Å²) >= 11 is 5.86. The van der Waals surface area contributed by atoms with Crippen molar-refractivity contribution in [3.8, 4) is 0 Å². The Kier molecular flexibility index (Phi) is 6.64. The lowest BCUT2D eigenvalue weighted by Gasteiger charge is -2.12. The first-order valence-electron chi connectivity index (χ1n) is 7.82. The van der Waals surface area contributed by atoms with Crippen molar-refractivity contribution in [3.63, 3.8) is 0 Å². The van der Waals surface area contributed by atoms with Crippen LogP contribution in [0.1, 0.15) is 27.4 Å². The lowest BCUT2D eigenvalue weighted by atomic mass is 10.2. The third-order valence-corrected chi connectivity index (χ3v) is 3.72. The molecule has 0 unspecified atom stereocenters. The van der Waals surface area contributed by atoms with E-state index in [1.54, 1.807) is 4.68 Å². The van der Waals surface area contributed by atoms with Crippen LogP contribution >= 0.6 is 11.6 Å². The first-order valence-corrected chi connectivity index (χ1v) is 8.20. The molecule has 0 saturated heterocycles. The van der Waals surface area contributed by atoms with Crippen molar-refractivity contribution in [2.24, 2.45) is 0 Å². The molecule has 2 aromatic rings. The van der Waals surface area contributed by atoms with Crippen molar-refractivity contribution in [3.05, 3.63) is 34.6 Å². The number of nitrogens with zero attached hydrogens (tertiary/aromatic N) is 3. The molecule has 0 saturated carbocycles. The summed E-state index contributed by atoms with van der Waals surface area (Å²) in [5, 5.41) is 25.8. The van der Waals surface area contributed by atoms with Crippen molar-refractivity contribution in [2.75, 3.05) is 17.2 Å². The highest BCUT2D eigenvalue weighted by molar-refractivity contribution is 6.33. The van der Waals surface area contributed by atoms with Crippen molar-refractivity contribution in [2.45, 2.75) is 19.1 Å². The summed E-state index contributed by atoms with van der Waals surface area (Å²) in [6, 6.07) is 4.16. The van der Waals surface area contributed by atoms with E-state index in [9.17, 15) is 22.8 Å². The van der Waals surface area contributed by atoms with Crippen LogP contribution in [0, 0.1) is 0 Å². The summed E-state index contributed by atoms with van der Waals surface area (Å²) in [5.41, 5.74) is 0.347. The monoisotopic (exact) mass is 435 g/mol. The van der Waals surface area contributed by atoms with Crippen LogP contribution in [0.15, 0.2) is 18.2 Å². The number of alkyl halides is 3. The zero-order chi connectivity index (χ0) is 21.8. The average molecular weight is 436 g/mol. The predicted octanol–water partition coefficient (Wildman–Crippen LogP) is 2.33. The number of carbonyl (C=O) groups excluding carboxylic acids is 1. The molecular weight excluding hydrogens is 423 g/mol. The Balaban J connectivity index is 0.000000370. The summed E-state index contributed by atoms with van der Waals surface area (Å²) < 4.78 is 33.4. The van der Waals surface area contributed by atoms with Crippen LogP contribution in [0.2, 0.25) is 5.02 Å². The van der Waals surface area contributed by atoms with Gasteiger partial charge in [-0.3, -0.25) is 4.79 Å². The number of hydrogen-bond donors (Lipinski definition) is 4. The van der Waals surface area contributed by atoms with Gasteiger partial charge in [0, 0.05) is 18.8 Å². The van der Waals surface area contributed by atoms with Gasteiger partial charge in [0.2, 0.25) is 11.8 Å². The van der Waals surface area contributed by atoms with E-state index in [4.69, 9.17) is 26.6 Å².